The molecule has 0 aliphatic heterocycles. The van der Waals surface area contributed by atoms with Gasteiger partial charge in [0.2, 0.25) is 0 Å². The third kappa shape index (κ3) is 22.9. The molecule has 0 aromatic heterocycles. The lowest BCUT2D eigenvalue weighted by Gasteiger charge is -2.25. The van der Waals surface area contributed by atoms with Crippen LogP contribution >= 0.6 is 0 Å². The highest BCUT2D eigenvalue weighted by atomic mass is 16.6. The van der Waals surface area contributed by atoms with Crippen LogP contribution in [-0.2, 0) is 9.47 Å². The van der Waals surface area contributed by atoms with Crippen molar-refractivity contribution in [1.29, 1.82) is 0 Å². The highest BCUT2D eigenvalue weighted by Gasteiger charge is 2.19. The molecule has 39 heavy (non-hydrogen) atoms. The van der Waals surface area contributed by atoms with E-state index in [-0.39, 0.29) is 19.1 Å². The van der Waals surface area contributed by atoms with Crippen LogP contribution in [-0.4, -0.2) is 89.7 Å². The summed E-state index contributed by atoms with van der Waals surface area (Å²) >= 11 is 0. The van der Waals surface area contributed by atoms with E-state index in [0.29, 0.717) is 26.1 Å². The summed E-state index contributed by atoms with van der Waals surface area (Å²) in [7, 11) is 0. The van der Waals surface area contributed by atoms with E-state index >= 15 is 0 Å². The minimum atomic E-state index is -0.925. The van der Waals surface area contributed by atoms with Gasteiger partial charge in [-0.3, -0.25) is 0 Å². The predicted octanol–water partition coefficient (Wildman–Crippen LogP) is 4.86. The van der Waals surface area contributed by atoms with Crippen LogP contribution in [0.2, 0.25) is 0 Å². The molecule has 0 radical (unpaired) electrons. The average molecular weight is 561 g/mol. The second kappa shape index (κ2) is 28.0. The summed E-state index contributed by atoms with van der Waals surface area (Å²) in [6.45, 7) is 5.96. The highest BCUT2D eigenvalue weighted by molar-refractivity contribution is 5.67. The first-order chi connectivity index (χ1) is 19.0. The molecular weight excluding hydrogens is 500 g/mol. The van der Waals surface area contributed by atoms with Crippen molar-refractivity contribution in [2.45, 2.75) is 128 Å². The number of hydrogen-bond acceptors (Lipinski definition) is 8. The predicted molar refractivity (Wildman–Crippen MR) is 156 cm³/mol. The third-order valence-corrected chi connectivity index (χ3v) is 6.86. The fourth-order valence-electron chi connectivity index (χ4n) is 4.37. The van der Waals surface area contributed by atoms with E-state index in [1.54, 1.807) is 4.90 Å². The second-order valence-electron chi connectivity index (χ2n) is 10.5. The number of hydrogen-bond donors (Lipinski definition) is 5. The monoisotopic (exact) mass is 560 g/mol. The largest absolute Gasteiger partial charge is 0.472 e. The topological polar surface area (TPSA) is 132 Å². The Bertz CT molecular complexity index is 557. The number of unbranched alkanes of at least 4 members (excludes halogenated alkanes) is 15. The van der Waals surface area contributed by atoms with Crippen molar-refractivity contribution in [3.05, 3.63) is 12.5 Å². The Morgan fingerprint density at radius 2 is 1.03 bits per heavy atom. The van der Waals surface area contributed by atoms with Crippen molar-refractivity contribution in [3.8, 4) is 0 Å². The quantitative estimate of drug-likeness (QED) is 0.0647. The molecule has 5 N–H and O–H groups in total. The molecule has 232 valence electrons. The molecule has 0 bridgehead atoms. The standard InChI is InChI=1S/C30H60N2O7/c1-3-4-5-6-7-8-9-10-11-12-13-14-15-16-17-18-21-32(30(37)39-29(25-35)26-36)22-19-20-31-27(2)38-28(23-33)24-34/h28-29,31,33-36H,2-26H2,1H3. The van der Waals surface area contributed by atoms with E-state index in [4.69, 9.17) is 19.7 Å². The molecule has 0 heterocycles. The molecule has 0 saturated carbocycles. The molecule has 0 rings (SSSR count). The number of aliphatic hydroxyl groups is 4. The molecule has 0 aromatic rings. The zero-order valence-electron chi connectivity index (χ0n) is 24.8. The van der Waals surface area contributed by atoms with Gasteiger partial charge in [-0.15, -0.1) is 0 Å². The van der Waals surface area contributed by atoms with Gasteiger partial charge in [-0.25, -0.2) is 4.79 Å². The lowest BCUT2D eigenvalue weighted by molar-refractivity contribution is 0.00388. The summed E-state index contributed by atoms with van der Waals surface area (Å²) in [5.41, 5.74) is 0. The maximum Gasteiger partial charge on any atom is 0.410 e. The van der Waals surface area contributed by atoms with Crippen molar-refractivity contribution in [2.24, 2.45) is 0 Å². The number of nitrogens with one attached hydrogen (secondary N) is 1. The highest BCUT2D eigenvalue weighted by Crippen LogP contribution is 2.14. The lowest BCUT2D eigenvalue weighted by atomic mass is 10.0. The van der Waals surface area contributed by atoms with Crippen molar-refractivity contribution < 1.29 is 34.7 Å². The molecule has 0 aromatic carbocycles. The fraction of sp³-hybridized carbons (Fsp3) is 0.900. The van der Waals surface area contributed by atoms with Crippen LogP contribution in [0.1, 0.15) is 116 Å². The first kappa shape index (κ1) is 37.5. The molecular formula is C30H60N2O7. The van der Waals surface area contributed by atoms with Crippen LogP contribution < -0.4 is 5.32 Å². The molecule has 9 nitrogen and oxygen atoms in total. The number of nitrogens with zero attached hydrogens (tertiary/aromatic N) is 1. The fourth-order valence-corrected chi connectivity index (χ4v) is 4.37. The van der Waals surface area contributed by atoms with Crippen LogP contribution in [0.5, 0.6) is 0 Å². The van der Waals surface area contributed by atoms with Crippen LogP contribution in [0.4, 0.5) is 4.79 Å². The Morgan fingerprint density at radius 1 is 0.641 bits per heavy atom. The van der Waals surface area contributed by atoms with Gasteiger partial charge in [0.15, 0.2) is 5.88 Å². The summed E-state index contributed by atoms with van der Waals surface area (Å²) in [6, 6.07) is 0. The van der Waals surface area contributed by atoms with E-state index < -0.39 is 31.5 Å². The number of amides is 1. The molecule has 0 aliphatic rings. The van der Waals surface area contributed by atoms with Crippen LogP contribution in [0.3, 0.4) is 0 Å². The molecule has 1 amide bonds. The second-order valence-corrected chi connectivity index (χ2v) is 10.5. The Morgan fingerprint density at radius 3 is 1.46 bits per heavy atom. The van der Waals surface area contributed by atoms with Crippen LogP contribution in [0, 0.1) is 0 Å². The molecule has 0 fully saturated rings. The number of aliphatic hydroxyl groups excluding tert-OH is 4. The van der Waals surface area contributed by atoms with Gasteiger partial charge in [0.25, 0.3) is 0 Å². The van der Waals surface area contributed by atoms with Gasteiger partial charge < -0.3 is 40.1 Å². The number of ether oxygens (including phenoxy) is 2. The summed E-state index contributed by atoms with van der Waals surface area (Å²) in [6.07, 6.45) is 19.0. The van der Waals surface area contributed by atoms with Crippen molar-refractivity contribution in [1.82, 2.24) is 10.2 Å². The first-order valence-corrected chi connectivity index (χ1v) is 15.5. The zero-order valence-corrected chi connectivity index (χ0v) is 24.8. The third-order valence-electron chi connectivity index (χ3n) is 6.86. The van der Waals surface area contributed by atoms with Crippen molar-refractivity contribution in [2.75, 3.05) is 46.1 Å². The van der Waals surface area contributed by atoms with E-state index in [1.165, 1.54) is 83.5 Å². The minimum absolute atomic E-state index is 0.246. The maximum atomic E-state index is 12.6. The van der Waals surface area contributed by atoms with E-state index in [9.17, 15) is 15.0 Å². The van der Waals surface area contributed by atoms with E-state index in [1.807, 2.05) is 0 Å². The van der Waals surface area contributed by atoms with Gasteiger partial charge in [-0.2, -0.15) is 0 Å². The molecule has 0 atom stereocenters. The van der Waals surface area contributed by atoms with Gasteiger partial charge in [-0.05, 0) is 19.4 Å². The van der Waals surface area contributed by atoms with Gasteiger partial charge in [0.05, 0.1) is 26.4 Å². The van der Waals surface area contributed by atoms with Gasteiger partial charge in [-0.1, -0.05) is 103 Å². The van der Waals surface area contributed by atoms with Gasteiger partial charge >= 0.3 is 6.09 Å². The Balaban J connectivity index is 4.05. The Hall–Kier alpha value is -1.55. The number of carbonyl (C=O) groups is 1. The summed E-state index contributed by atoms with van der Waals surface area (Å²) in [4.78, 5) is 14.2. The van der Waals surface area contributed by atoms with Crippen molar-refractivity contribution >= 4 is 6.09 Å². The zero-order chi connectivity index (χ0) is 29.0. The van der Waals surface area contributed by atoms with Crippen LogP contribution in [0.15, 0.2) is 12.5 Å². The summed E-state index contributed by atoms with van der Waals surface area (Å²) in [5, 5.41) is 39.6. The molecule has 0 spiro atoms. The molecule has 0 unspecified atom stereocenters. The maximum absolute atomic E-state index is 12.6. The normalized spacial score (nSPS) is 11.3. The van der Waals surface area contributed by atoms with E-state index in [2.05, 4.69) is 18.8 Å². The molecule has 9 heteroatoms. The SMILES string of the molecule is C=C(NCCCN(CCCCCCCCCCCCCCCCCC)C(=O)OC(CO)CO)OC(CO)CO. The van der Waals surface area contributed by atoms with Gasteiger partial charge in [0.1, 0.15) is 12.2 Å². The lowest BCUT2D eigenvalue weighted by Crippen LogP contribution is -2.38. The average Bonchev–Trinajstić information content (AvgIpc) is 2.95. The van der Waals surface area contributed by atoms with Crippen LogP contribution in [0.25, 0.3) is 0 Å². The van der Waals surface area contributed by atoms with Crippen molar-refractivity contribution in [3.63, 3.8) is 0 Å². The Labute approximate surface area is 238 Å². The Kier molecular flexibility index (Phi) is 26.9. The van der Waals surface area contributed by atoms with Gasteiger partial charge in [0, 0.05) is 19.6 Å². The summed E-state index contributed by atoms with van der Waals surface area (Å²) < 4.78 is 10.5. The molecule has 0 saturated heterocycles. The van der Waals surface area contributed by atoms with E-state index in [0.717, 1.165) is 19.3 Å². The summed E-state index contributed by atoms with van der Waals surface area (Å²) in [5.74, 6) is 0.246. The minimum Gasteiger partial charge on any atom is -0.472 e. The number of carbonyl (C=O) groups excluding carboxylic acids is 1. The smallest absolute Gasteiger partial charge is 0.410 e. The molecule has 0 aliphatic carbocycles. The number of rotatable bonds is 29. The first-order valence-electron chi connectivity index (χ1n) is 15.5.